The van der Waals surface area contributed by atoms with Crippen LogP contribution in [0.25, 0.3) is 11.3 Å². The summed E-state index contributed by atoms with van der Waals surface area (Å²) in [6, 6.07) is 13.5. The number of carbonyl (C=O) groups excluding carboxylic acids is 1. The van der Waals surface area contributed by atoms with Crippen molar-refractivity contribution in [2.75, 3.05) is 12.9 Å². The number of rotatable bonds is 4. The van der Waals surface area contributed by atoms with Crippen molar-refractivity contribution >= 4 is 17.7 Å². The number of methoxy groups -OCH3 is 1. The second-order valence-corrected chi connectivity index (χ2v) is 5.09. The predicted molar refractivity (Wildman–Crippen MR) is 77.4 cm³/mol. The molecule has 0 spiro atoms. The number of ether oxygens (including phenoxy) is 1. The van der Waals surface area contributed by atoms with E-state index < -0.39 is 0 Å². The molecule has 4 heteroatoms. The largest absolute Gasteiger partial charge is 0.465 e. The molecule has 0 saturated heterocycles. The van der Waals surface area contributed by atoms with Gasteiger partial charge in [-0.05, 0) is 17.9 Å². The highest BCUT2D eigenvalue weighted by Gasteiger charge is 2.14. The lowest BCUT2D eigenvalue weighted by Gasteiger charge is -2.08. The van der Waals surface area contributed by atoms with Gasteiger partial charge in [0, 0.05) is 5.56 Å². The zero-order valence-electron chi connectivity index (χ0n) is 10.9. The number of benzene rings is 1. The first-order valence-corrected chi connectivity index (χ1v) is 7.02. The molecule has 0 unspecified atom stereocenters. The Labute approximate surface area is 117 Å². The predicted octanol–water partition coefficient (Wildman–Crippen LogP) is 3.65. The van der Waals surface area contributed by atoms with E-state index in [1.807, 2.05) is 43.3 Å². The van der Waals surface area contributed by atoms with Crippen LogP contribution in [0.3, 0.4) is 0 Å². The summed E-state index contributed by atoms with van der Waals surface area (Å²) in [7, 11) is 1.38. The Balaban J connectivity index is 2.44. The number of hydrogen-bond acceptors (Lipinski definition) is 4. The van der Waals surface area contributed by atoms with Crippen molar-refractivity contribution in [1.29, 1.82) is 0 Å². The van der Waals surface area contributed by atoms with E-state index in [2.05, 4.69) is 4.98 Å². The molecule has 0 aliphatic rings. The summed E-state index contributed by atoms with van der Waals surface area (Å²) >= 11 is 1.54. The number of hydrogen-bond donors (Lipinski definition) is 0. The van der Waals surface area contributed by atoms with Crippen LogP contribution in [0.5, 0.6) is 0 Å². The zero-order valence-corrected chi connectivity index (χ0v) is 11.7. The summed E-state index contributed by atoms with van der Waals surface area (Å²) in [6.07, 6.45) is 0. The van der Waals surface area contributed by atoms with Crippen LogP contribution in [0.4, 0.5) is 0 Å². The van der Waals surface area contributed by atoms with Crippen LogP contribution in [0.2, 0.25) is 0 Å². The molecule has 98 valence electrons. The van der Waals surface area contributed by atoms with Crippen molar-refractivity contribution in [2.24, 2.45) is 0 Å². The van der Waals surface area contributed by atoms with Crippen LogP contribution in [-0.2, 0) is 4.74 Å². The Morgan fingerprint density at radius 2 is 1.95 bits per heavy atom. The molecule has 0 radical (unpaired) electrons. The van der Waals surface area contributed by atoms with Crippen LogP contribution in [0.15, 0.2) is 47.5 Å². The van der Waals surface area contributed by atoms with Gasteiger partial charge in [-0.25, -0.2) is 9.78 Å². The Kier molecular flexibility index (Phi) is 4.58. The average molecular weight is 273 g/mol. The fourth-order valence-electron chi connectivity index (χ4n) is 1.72. The maximum Gasteiger partial charge on any atom is 0.340 e. The smallest absolute Gasteiger partial charge is 0.340 e. The molecule has 0 aliphatic carbocycles. The number of aromatic nitrogens is 1. The minimum absolute atomic E-state index is 0.344. The summed E-state index contributed by atoms with van der Waals surface area (Å²) in [4.78, 5) is 16.2. The Bertz CT molecular complexity index is 570. The second-order valence-electron chi connectivity index (χ2n) is 3.84. The molecule has 1 aromatic heterocycles. The van der Waals surface area contributed by atoms with Crippen LogP contribution < -0.4 is 0 Å². The van der Waals surface area contributed by atoms with Gasteiger partial charge in [-0.15, -0.1) is 11.8 Å². The molecule has 0 amide bonds. The third-order valence-electron chi connectivity index (χ3n) is 2.62. The minimum Gasteiger partial charge on any atom is -0.465 e. The Morgan fingerprint density at radius 3 is 2.58 bits per heavy atom. The van der Waals surface area contributed by atoms with Gasteiger partial charge >= 0.3 is 5.97 Å². The van der Waals surface area contributed by atoms with Gasteiger partial charge < -0.3 is 4.74 Å². The first-order chi connectivity index (χ1) is 9.26. The molecular weight excluding hydrogens is 258 g/mol. The maximum atomic E-state index is 11.7. The Hall–Kier alpha value is -1.81. The first kappa shape index (κ1) is 13.6. The van der Waals surface area contributed by atoms with Gasteiger partial charge in [-0.3, -0.25) is 0 Å². The van der Waals surface area contributed by atoms with E-state index in [-0.39, 0.29) is 5.97 Å². The molecule has 0 bridgehead atoms. The number of esters is 1. The summed E-state index contributed by atoms with van der Waals surface area (Å²) in [5.41, 5.74) is 2.43. The van der Waals surface area contributed by atoms with Crippen LogP contribution in [0.1, 0.15) is 17.3 Å². The minimum atomic E-state index is -0.344. The van der Waals surface area contributed by atoms with E-state index in [0.29, 0.717) is 5.56 Å². The third kappa shape index (κ3) is 3.15. The second kappa shape index (κ2) is 6.38. The Morgan fingerprint density at radius 1 is 1.21 bits per heavy atom. The van der Waals surface area contributed by atoms with Crippen molar-refractivity contribution in [3.63, 3.8) is 0 Å². The lowest BCUT2D eigenvalue weighted by Crippen LogP contribution is -2.05. The van der Waals surface area contributed by atoms with E-state index in [4.69, 9.17) is 4.74 Å². The summed E-state index contributed by atoms with van der Waals surface area (Å²) in [5.74, 6) is 0.512. The van der Waals surface area contributed by atoms with Crippen molar-refractivity contribution in [3.8, 4) is 11.3 Å². The molecule has 19 heavy (non-hydrogen) atoms. The lowest BCUT2D eigenvalue weighted by molar-refractivity contribution is 0.0596. The normalized spacial score (nSPS) is 10.2. The molecule has 0 saturated carbocycles. The molecule has 3 nitrogen and oxygen atoms in total. The molecule has 2 rings (SSSR count). The van der Waals surface area contributed by atoms with E-state index in [9.17, 15) is 4.79 Å². The van der Waals surface area contributed by atoms with Crippen molar-refractivity contribution in [2.45, 2.75) is 11.9 Å². The standard InChI is InChI=1S/C15H15NO2S/c1-3-19-14-12(15(17)18-2)9-10-13(16-14)11-7-5-4-6-8-11/h4-10H,3H2,1-2H3. The average Bonchev–Trinajstić information content (AvgIpc) is 2.47. The molecule has 0 aliphatic heterocycles. The van der Waals surface area contributed by atoms with Crippen LogP contribution in [-0.4, -0.2) is 23.8 Å². The first-order valence-electron chi connectivity index (χ1n) is 6.03. The van der Waals surface area contributed by atoms with Gasteiger partial charge in [-0.2, -0.15) is 0 Å². The highest BCUT2D eigenvalue weighted by Crippen LogP contribution is 2.25. The monoisotopic (exact) mass is 273 g/mol. The van der Waals surface area contributed by atoms with Gasteiger partial charge in [0.25, 0.3) is 0 Å². The van der Waals surface area contributed by atoms with Gasteiger partial charge in [0.1, 0.15) is 5.03 Å². The summed E-state index contributed by atoms with van der Waals surface area (Å²) < 4.78 is 4.78. The molecule has 0 fully saturated rings. The molecule has 0 atom stereocenters. The van der Waals surface area contributed by atoms with Gasteiger partial charge in [-0.1, -0.05) is 37.3 Å². The fourth-order valence-corrected chi connectivity index (χ4v) is 2.47. The quantitative estimate of drug-likeness (QED) is 0.629. The van der Waals surface area contributed by atoms with Crippen LogP contribution >= 0.6 is 11.8 Å². The SMILES string of the molecule is CCSc1nc(-c2ccccc2)ccc1C(=O)OC. The summed E-state index contributed by atoms with van der Waals surface area (Å²) in [6.45, 7) is 2.03. The highest BCUT2D eigenvalue weighted by molar-refractivity contribution is 7.99. The van der Waals surface area contributed by atoms with Gasteiger partial charge in [0.2, 0.25) is 0 Å². The zero-order chi connectivity index (χ0) is 13.7. The van der Waals surface area contributed by atoms with Crippen molar-refractivity contribution < 1.29 is 9.53 Å². The van der Waals surface area contributed by atoms with Crippen molar-refractivity contribution in [1.82, 2.24) is 4.98 Å². The maximum absolute atomic E-state index is 11.7. The number of thioether (sulfide) groups is 1. The number of pyridine rings is 1. The number of carbonyl (C=O) groups is 1. The lowest BCUT2D eigenvalue weighted by atomic mass is 10.1. The number of nitrogens with zero attached hydrogens (tertiary/aromatic N) is 1. The topological polar surface area (TPSA) is 39.2 Å². The van der Waals surface area contributed by atoms with Crippen LogP contribution in [0, 0.1) is 0 Å². The van der Waals surface area contributed by atoms with Crippen molar-refractivity contribution in [3.05, 3.63) is 48.0 Å². The highest BCUT2D eigenvalue weighted by atomic mass is 32.2. The third-order valence-corrected chi connectivity index (χ3v) is 3.49. The molecular formula is C15H15NO2S. The van der Waals surface area contributed by atoms with Gasteiger partial charge in [0.15, 0.2) is 0 Å². The van der Waals surface area contributed by atoms with E-state index in [1.165, 1.54) is 7.11 Å². The molecule has 2 aromatic rings. The molecule has 0 N–H and O–H groups in total. The van der Waals surface area contributed by atoms with E-state index in [1.54, 1.807) is 17.8 Å². The van der Waals surface area contributed by atoms with E-state index in [0.717, 1.165) is 22.0 Å². The molecule has 1 aromatic carbocycles. The molecule has 1 heterocycles. The summed E-state index contributed by atoms with van der Waals surface area (Å²) in [5, 5.41) is 0.718. The fraction of sp³-hybridized carbons (Fsp3) is 0.200. The van der Waals surface area contributed by atoms with Gasteiger partial charge in [0.05, 0.1) is 18.4 Å². The van der Waals surface area contributed by atoms with E-state index >= 15 is 0 Å².